The van der Waals surface area contributed by atoms with Crippen molar-refractivity contribution in [3.8, 4) is 22.6 Å². The number of ether oxygens (including phenoxy) is 1. The largest absolute Gasteiger partial charge is 1.00 e. The first-order valence-corrected chi connectivity index (χ1v) is 16.3. The Balaban J connectivity index is 0.00000729. The molecule has 0 spiro atoms. The van der Waals surface area contributed by atoms with Crippen LogP contribution in [0.3, 0.4) is 0 Å². The van der Waals surface area contributed by atoms with Crippen molar-refractivity contribution in [1.82, 2.24) is 0 Å². The summed E-state index contributed by atoms with van der Waals surface area (Å²) in [4.78, 5) is -1.74. The van der Waals surface area contributed by atoms with Crippen LogP contribution in [0.4, 0.5) is 48.3 Å². The molecule has 0 aliphatic heterocycles. The Bertz CT molecular complexity index is 2060. The third-order valence-corrected chi connectivity index (χ3v) is 10.1. The first-order chi connectivity index (χ1) is 23.1. The summed E-state index contributed by atoms with van der Waals surface area (Å²) in [6.45, 7) is 0. The number of rotatable bonds is 11. The molecule has 4 aromatic carbocycles. The number of hydrogen-bond donors (Lipinski definition) is 2. The fraction of sp³-hybridized carbons (Fsp3) is 0.200. The molecule has 8 nitrogen and oxygen atoms in total. The minimum absolute atomic E-state index is 0. The normalized spacial score (nSPS) is 13.8. The molecule has 0 unspecified atom stereocenters. The van der Waals surface area contributed by atoms with Gasteiger partial charge in [-0.05, 0) is 64.2 Å². The van der Waals surface area contributed by atoms with Gasteiger partial charge < -0.3 is 14.8 Å². The second-order valence-corrected chi connectivity index (χ2v) is 14.0. The van der Waals surface area contributed by atoms with Crippen LogP contribution < -0.4 is 18.9 Å². The maximum absolute atomic E-state index is 15.2. The Morgan fingerprint density at radius 2 is 0.808 bits per heavy atom. The van der Waals surface area contributed by atoms with E-state index < -0.39 is 64.7 Å². The van der Waals surface area contributed by atoms with Gasteiger partial charge in [-0.25, -0.2) is 21.6 Å². The second kappa shape index (κ2) is 13.8. The fourth-order valence-electron chi connectivity index (χ4n) is 4.88. The second-order valence-electron chi connectivity index (χ2n) is 10.6. The van der Waals surface area contributed by atoms with E-state index in [2.05, 4.69) is 0 Å². The van der Waals surface area contributed by atoms with Crippen molar-refractivity contribution >= 4 is 20.0 Å². The standard InChI is InChI=1S/C30H19F11O8S2.Li/c31-26(32,33)25(20-7-11-22(42)12-8-20,21-9-13-23(43)14-10-21)19-5-1-17(2-6-19)18-3-15-24(16-4-18)50(44,45)29(38,39)27(34,35)49-28(36,37)30(40,41)51(46,47)48;/h1-16,42-43H,(H,46,47,48);/q;+1/p-1. The van der Waals surface area contributed by atoms with Crippen LogP contribution in [-0.4, -0.2) is 60.5 Å². The van der Waals surface area contributed by atoms with Crippen molar-refractivity contribution in [1.29, 1.82) is 0 Å². The zero-order valence-corrected chi connectivity index (χ0v) is 27.2. The molecule has 0 aliphatic carbocycles. The van der Waals surface area contributed by atoms with E-state index in [1.807, 2.05) is 4.74 Å². The number of aromatic hydroxyl groups is 2. The number of hydrogen-bond acceptors (Lipinski definition) is 8. The van der Waals surface area contributed by atoms with Crippen LogP contribution in [0.15, 0.2) is 102 Å². The number of sulfone groups is 1. The molecule has 0 bridgehead atoms. The smallest absolute Gasteiger partial charge is 0.743 e. The summed E-state index contributed by atoms with van der Waals surface area (Å²) in [5.74, 6) is -0.714. The fourth-order valence-corrected chi connectivity index (χ4v) is 6.36. The van der Waals surface area contributed by atoms with E-state index in [0.717, 1.165) is 72.8 Å². The molecule has 2 N–H and O–H groups in total. The van der Waals surface area contributed by atoms with Crippen LogP contribution in [-0.2, 0) is 30.1 Å². The van der Waals surface area contributed by atoms with Crippen molar-refractivity contribution in [3.05, 3.63) is 114 Å². The van der Waals surface area contributed by atoms with Crippen molar-refractivity contribution in [3.63, 3.8) is 0 Å². The molecule has 276 valence electrons. The quantitative estimate of drug-likeness (QED) is 0.0990. The van der Waals surface area contributed by atoms with Gasteiger partial charge in [0.2, 0.25) is 0 Å². The van der Waals surface area contributed by atoms with Gasteiger partial charge in [0.05, 0.1) is 4.90 Å². The van der Waals surface area contributed by atoms with E-state index in [4.69, 9.17) is 0 Å². The SMILES string of the molecule is O=S(=O)([O-])C(F)(F)C(F)(F)OC(F)(F)C(F)(F)S(=O)(=O)c1ccc(-c2ccc(C(c3ccc(O)cc3)(c3ccc(O)cc3)C(F)(F)F)cc2)cc1.[Li+]. The Hall–Kier alpha value is -3.87. The van der Waals surface area contributed by atoms with Crippen molar-refractivity contribution in [2.75, 3.05) is 0 Å². The molecule has 0 radical (unpaired) electrons. The summed E-state index contributed by atoms with van der Waals surface area (Å²) in [7, 11) is -14.3. The number of halogens is 11. The first-order valence-electron chi connectivity index (χ1n) is 13.4. The van der Waals surface area contributed by atoms with Crippen LogP contribution in [0.1, 0.15) is 16.7 Å². The van der Waals surface area contributed by atoms with Crippen LogP contribution in [0, 0.1) is 0 Å². The van der Waals surface area contributed by atoms with Crippen molar-refractivity contribution in [2.45, 2.75) is 39.2 Å². The van der Waals surface area contributed by atoms with Crippen molar-refractivity contribution < 1.29 is 103 Å². The molecule has 0 saturated carbocycles. The Kier molecular flexibility index (Phi) is 11.3. The average Bonchev–Trinajstić information content (AvgIpc) is 3.01. The minimum Gasteiger partial charge on any atom is -0.743 e. The van der Waals surface area contributed by atoms with Gasteiger partial charge in [0.25, 0.3) is 9.84 Å². The van der Waals surface area contributed by atoms with Gasteiger partial charge in [-0.2, -0.15) is 48.3 Å². The zero-order chi connectivity index (χ0) is 38.6. The van der Waals surface area contributed by atoms with Gasteiger partial charge in [0.1, 0.15) is 16.9 Å². The molecule has 4 aromatic rings. The number of alkyl halides is 11. The molecule has 0 atom stereocenters. The summed E-state index contributed by atoms with van der Waals surface area (Å²) >= 11 is 0. The zero-order valence-electron chi connectivity index (χ0n) is 25.6. The monoisotopic (exact) mass is 786 g/mol. The van der Waals surface area contributed by atoms with Gasteiger partial charge in [-0.15, -0.1) is 0 Å². The van der Waals surface area contributed by atoms with E-state index >= 15 is 13.2 Å². The summed E-state index contributed by atoms with van der Waals surface area (Å²) < 4.78 is 214. The molecule has 22 heteroatoms. The van der Waals surface area contributed by atoms with Crippen LogP contribution >= 0.6 is 0 Å². The Morgan fingerprint density at radius 3 is 1.13 bits per heavy atom. The topological polar surface area (TPSA) is 141 Å². The maximum atomic E-state index is 15.2. The predicted molar refractivity (Wildman–Crippen MR) is 152 cm³/mol. The third kappa shape index (κ3) is 7.09. The number of phenolic OH excluding ortho intramolecular Hbond substituents is 2. The van der Waals surface area contributed by atoms with E-state index in [1.54, 1.807) is 0 Å². The Labute approximate surface area is 298 Å². The molecule has 0 saturated heterocycles. The molecular weight excluding hydrogens is 768 g/mol. The van der Waals surface area contributed by atoms with E-state index in [9.17, 15) is 66.7 Å². The minimum atomic E-state index is -7.51. The predicted octanol–water partition coefficient (Wildman–Crippen LogP) is 4.37. The Morgan fingerprint density at radius 1 is 0.500 bits per heavy atom. The summed E-state index contributed by atoms with van der Waals surface area (Å²) in [5.41, 5.74) is -4.26. The van der Waals surface area contributed by atoms with Crippen LogP contribution in [0.5, 0.6) is 11.5 Å². The van der Waals surface area contributed by atoms with Crippen LogP contribution in [0.2, 0.25) is 0 Å². The van der Waals surface area contributed by atoms with Gasteiger partial charge in [-0.3, -0.25) is 0 Å². The summed E-state index contributed by atoms with van der Waals surface area (Å²) in [6, 6.07) is 14.0. The van der Waals surface area contributed by atoms with Crippen LogP contribution in [0.25, 0.3) is 11.1 Å². The summed E-state index contributed by atoms with van der Waals surface area (Å²) in [5, 5.41) is 5.55. The summed E-state index contributed by atoms with van der Waals surface area (Å²) in [6.07, 6.45) is -19.3. The first kappa shape index (κ1) is 42.5. The molecule has 0 aliphatic rings. The van der Waals surface area contributed by atoms with E-state index in [0.29, 0.717) is 12.1 Å². The van der Waals surface area contributed by atoms with Gasteiger partial charge >= 0.3 is 47.8 Å². The van der Waals surface area contributed by atoms with Gasteiger partial charge in [0.15, 0.2) is 10.1 Å². The number of phenols is 2. The molecule has 0 amide bonds. The molecule has 52 heavy (non-hydrogen) atoms. The third-order valence-electron chi connectivity index (χ3n) is 7.43. The van der Waals surface area contributed by atoms with E-state index in [-0.39, 0.29) is 64.7 Å². The average molecular weight is 787 g/mol. The molecular formula is C30H18F11LiO8S2. The van der Waals surface area contributed by atoms with Gasteiger partial charge in [0, 0.05) is 0 Å². The van der Waals surface area contributed by atoms with E-state index in [1.165, 1.54) is 0 Å². The molecule has 0 heterocycles. The molecule has 4 rings (SSSR count). The van der Waals surface area contributed by atoms with Crippen molar-refractivity contribution in [2.24, 2.45) is 0 Å². The molecule has 0 fully saturated rings. The maximum Gasteiger partial charge on any atom is 1.00 e. The van der Waals surface area contributed by atoms with Gasteiger partial charge in [-0.1, -0.05) is 60.7 Å². The number of benzene rings is 4. The molecule has 0 aromatic heterocycles.